The van der Waals surface area contributed by atoms with Crippen LogP contribution in [0.1, 0.15) is 46.0 Å². The number of carbonyl (C=O) groups excluding carboxylic acids is 1. The summed E-state index contributed by atoms with van der Waals surface area (Å²) in [5, 5.41) is 9.41. The first-order chi connectivity index (χ1) is 8.07. The van der Waals surface area contributed by atoms with E-state index in [2.05, 4.69) is 6.92 Å². The summed E-state index contributed by atoms with van der Waals surface area (Å²) in [6.45, 7) is 4.02. The highest BCUT2D eigenvalue weighted by atomic mass is 19.1. The Hall–Kier alpha value is -1.32. The van der Waals surface area contributed by atoms with Crippen molar-refractivity contribution in [1.82, 2.24) is 0 Å². The Labute approximate surface area is 101 Å². The van der Waals surface area contributed by atoms with Crippen molar-refractivity contribution >= 4 is 5.97 Å². The van der Waals surface area contributed by atoms with E-state index in [1.807, 2.05) is 0 Å². The third kappa shape index (κ3) is 3.58. The lowest BCUT2D eigenvalue weighted by Crippen LogP contribution is -2.14. The Balaban J connectivity index is 2.58. The van der Waals surface area contributed by atoms with Crippen molar-refractivity contribution in [2.24, 2.45) is 0 Å². The van der Waals surface area contributed by atoms with Crippen molar-refractivity contribution in [2.75, 3.05) is 6.61 Å². The minimum Gasteiger partial charge on any atom is -0.505 e. The smallest absolute Gasteiger partial charge is 0.337 e. The van der Waals surface area contributed by atoms with Crippen LogP contribution in [-0.4, -0.2) is 17.7 Å². The maximum absolute atomic E-state index is 13.6. The van der Waals surface area contributed by atoms with Crippen LogP contribution in [0.25, 0.3) is 0 Å². The topological polar surface area (TPSA) is 46.5 Å². The summed E-state index contributed by atoms with van der Waals surface area (Å²) in [5.74, 6) is -1.87. The Morgan fingerprint density at radius 1 is 1.41 bits per heavy atom. The SMILES string of the molecule is CCCCCOC(=O)C1=C(F)C(O)=C(C)CC1. The van der Waals surface area contributed by atoms with Gasteiger partial charge in [0.15, 0.2) is 11.6 Å². The second-order valence-corrected chi connectivity index (χ2v) is 4.26. The van der Waals surface area contributed by atoms with Gasteiger partial charge in [0.1, 0.15) is 0 Å². The van der Waals surface area contributed by atoms with E-state index >= 15 is 0 Å². The first-order valence-electron chi connectivity index (χ1n) is 6.02. The Morgan fingerprint density at radius 2 is 2.12 bits per heavy atom. The predicted octanol–water partition coefficient (Wildman–Crippen LogP) is 3.57. The van der Waals surface area contributed by atoms with Gasteiger partial charge in [0.05, 0.1) is 12.2 Å². The van der Waals surface area contributed by atoms with Crippen LogP contribution in [0.15, 0.2) is 22.7 Å². The van der Waals surface area contributed by atoms with Gasteiger partial charge in [0.25, 0.3) is 0 Å². The van der Waals surface area contributed by atoms with Crippen molar-refractivity contribution in [2.45, 2.75) is 46.0 Å². The third-order valence-electron chi connectivity index (χ3n) is 2.85. The Kier molecular flexibility index (Phi) is 5.19. The van der Waals surface area contributed by atoms with E-state index < -0.39 is 17.6 Å². The quantitative estimate of drug-likeness (QED) is 0.592. The van der Waals surface area contributed by atoms with E-state index in [9.17, 15) is 14.3 Å². The third-order valence-corrected chi connectivity index (χ3v) is 2.85. The molecule has 17 heavy (non-hydrogen) atoms. The second kappa shape index (κ2) is 6.42. The molecule has 1 aliphatic rings. The molecule has 0 unspecified atom stereocenters. The average molecular weight is 242 g/mol. The zero-order valence-corrected chi connectivity index (χ0v) is 10.4. The van der Waals surface area contributed by atoms with Crippen molar-refractivity contribution in [3.63, 3.8) is 0 Å². The molecule has 0 heterocycles. The van der Waals surface area contributed by atoms with Gasteiger partial charge in [-0.1, -0.05) is 19.8 Å². The molecular formula is C13H19FO3. The number of aliphatic hydroxyl groups is 1. The minimum absolute atomic E-state index is 0.0374. The van der Waals surface area contributed by atoms with Crippen LogP contribution < -0.4 is 0 Å². The molecular weight excluding hydrogens is 223 g/mol. The van der Waals surface area contributed by atoms with Crippen molar-refractivity contribution < 1.29 is 19.0 Å². The molecule has 0 aromatic rings. The van der Waals surface area contributed by atoms with Crippen molar-refractivity contribution in [3.8, 4) is 0 Å². The molecule has 0 aromatic heterocycles. The number of carbonyl (C=O) groups is 1. The summed E-state index contributed by atoms with van der Waals surface area (Å²) in [7, 11) is 0. The number of hydrogen-bond donors (Lipinski definition) is 1. The number of halogens is 1. The summed E-state index contributed by atoms with van der Waals surface area (Å²) in [5.41, 5.74) is 0.537. The number of esters is 1. The lowest BCUT2D eigenvalue weighted by atomic mass is 9.97. The zero-order valence-electron chi connectivity index (χ0n) is 10.4. The monoisotopic (exact) mass is 242 g/mol. The van der Waals surface area contributed by atoms with Gasteiger partial charge in [0.2, 0.25) is 0 Å². The van der Waals surface area contributed by atoms with Crippen LogP contribution in [0.2, 0.25) is 0 Å². The molecule has 3 nitrogen and oxygen atoms in total. The van der Waals surface area contributed by atoms with Crippen LogP contribution in [0.5, 0.6) is 0 Å². The Bertz CT molecular complexity index is 356. The van der Waals surface area contributed by atoms with Crippen LogP contribution in [0.3, 0.4) is 0 Å². The maximum Gasteiger partial charge on any atom is 0.337 e. The number of unbranched alkanes of at least 4 members (excludes halogenated alkanes) is 2. The fourth-order valence-electron chi connectivity index (χ4n) is 1.67. The second-order valence-electron chi connectivity index (χ2n) is 4.26. The van der Waals surface area contributed by atoms with E-state index in [4.69, 9.17) is 4.74 Å². The fourth-order valence-corrected chi connectivity index (χ4v) is 1.67. The molecule has 96 valence electrons. The number of rotatable bonds is 5. The van der Waals surface area contributed by atoms with E-state index in [1.54, 1.807) is 6.92 Å². The Morgan fingerprint density at radius 3 is 2.76 bits per heavy atom. The number of ether oxygens (including phenoxy) is 1. The fraction of sp³-hybridized carbons (Fsp3) is 0.615. The highest BCUT2D eigenvalue weighted by Gasteiger charge is 2.25. The average Bonchev–Trinajstić information content (AvgIpc) is 2.31. The first-order valence-corrected chi connectivity index (χ1v) is 6.02. The molecule has 1 N–H and O–H groups in total. The maximum atomic E-state index is 13.6. The molecule has 4 heteroatoms. The normalized spacial score (nSPS) is 16.4. The molecule has 0 fully saturated rings. The molecule has 0 amide bonds. The highest BCUT2D eigenvalue weighted by molar-refractivity contribution is 5.90. The largest absolute Gasteiger partial charge is 0.505 e. The zero-order chi connectivity index (χ0) is 12.8. The molecule has 0 saturated heterocycles. The van der Waals surface area contributed by atoms with Crippen molar-refractivity contribution in [1.29, 1.82) is 0 Å². The van der Waals surface area contributed by atoms with Gasteiger partial charge < -0.3 is 9.84 Å². The molecule has 1 aliphatic carbocycles. The highest BCUT2D eigenvalue weighted by Crippen LogP contribution is 2.30. The summed E-state index contributed by atoms with van der Waals surface area (Å²) >= 11 is 0. The van der Waals surface area contributed by atoms with Gasteiger partial charge in [-0.2, -0.15) is 0 Å². The molecule has 0 spiro atoms. The summed E-state index contributed by atoms with van der Waals surface area (Å²) in [6, 6.07) is 0. The van der Waals surface area contributed by atoms with E-state index in [0.717, 1.165) is 19.3 Å². The van der Waals surface area contributed by atoms with Crippen molar-refractivity contribution in [3.05, 3.63) is 22.7 Å². The van der Waals surface area contributed by atoms with Gasteiger partial charge in [-0.15, -0.1) is 0 Å². The summed E-state index contributed by atoms with van der Waals surface area (Å²) in [6.07, 6.45) is 3.61. The standard InChI is InChI=1S/C13H19FO3/c1-3-4-5-8-17-13(16)10-7-6-9(2)12(15)11(10)14/h15H,3-8H2,1-2H3. The van der Waals surface area contributed by atoms with E-state index in [1.165, 1.54) is 0 Å². The minimum atomic E-state index is -0.825. The lowest BCUT2D eigenvalue weighted by molar-refractivity contribution is -0.139. The van der Waals surface area contributed by atoms with Gasteiger partial charge in [-0.25, -0.2) is 9.18 Å². The molecule has 1 rings (SSSR count). The number of allylic oxidation sites excluding steroid dienone is 2. The first kappa shape index (κ1) is 13.7. The molecule has 0 radical (unpaired) electrons. The molecule has 0 bridgehead atoms. The summed E-state index contributed by atoms with van der Waals surface area (Å²) in [4.78, 5) is 11.6. The van der Waals surface area contributed by atoms with E-state index in [-0.39, 0.29) is 5.57 Å². The van der Waals surface area contributed by atoms with Crippen LogP contribution in [-0.2, 0) is 9.53 Å². The number of aliphatic hydroxyl groups excluding tert-OH is 1. The van der Waals surface area contributed by atoms with Gasteiger partial charge >= 0.3 is 5.97 Å². The molecule has 0 atom stereocenters. The number of hydrogen-bond acceptors (Lipinski definition) is 3. The lowest BCUT2D eigenvalue weighted by Gasteiger charge is -2.15. The van der Waals surface area contributed by atoms with Crippen LogP contribution in [0.4, 0.5) is 4.39 Å². The molecule has 0 aromatic carbocycles. The predicted molar refractivity (Wildman–Crippen MR) is 63.2 cm³/mol. The van der Waals surface area contributed by atoms with E-state index in [0.29, 0.717) is 25.0 Å². The van der Waals surface area contributed by atoms with Gasteiger partial charge in [-0.05, 0) is 31.8 Å². The summed E-state index contributed by atoms with van der Waals surface area (Å²) < 4.78 is 18.6. The van der Waals surface area contributed by atoms with Gasteiger partial charge in [0, 0.05) is 0 Å². The van der Waals surface area contributed by atoms with Gasteiger partial charge in [-0.3, -0.25) is 0 Å². The van der Waals surface area contributed by atoms with Crippen LogP contribution in [0, 0.1) is 0 Å². The molecule has 0 saturated carbocycles. The van der Waals surface area contributed by atoms with Crippen LogP contribution >= 0.6 is 0 Å². The molecule has 0 aliphatic heterocycles.